The number of amides is 2. The van der Waals surface area contributed by atoms with Crippen LogP contribution in [0.3, 0.4) is 0 Å². The summed E-state index contributed by atoms with van der Waals surface area (Å²) in [4.78, 5) is 11.8. The van der Waals surface area contributed by atoms with Crippen molar-refractivity contribution in [2.75, 3.05) is 18.5 Å². The second-order valence-electron chi connectivity index (χ2n) is 4.94. The largest absolute Gasteiger partial charge is 0.485 e. The Kier molecular flexibility index (Phi) is 7.04. The molecule has 3 N–H and O–H groups in total. The molecule has 22 heavy (non-hydrogen) atoms. The third-order valence-corrected chi connectivity index (χ3v) is 3.39. The summed E-state index contributed by atoms with van der Waals surface area (Å²) in [6.07, 6.45) is -1.57. The molecule has 0 aliphatic carbocycles. The zero-order valence-electron chi connectivity index (χ0n) is 12.7. The normalized spacial score (nSPS) is 11.4. The second kappa shape index (κ2) is 8.53. The van der Waals surface area contributed by atoms with Crippen LogP contribution in [0, 0.1) is 0 Å². The lowest BCUT2D eigenvalue weighted by Crippen LogP contribution is -2.43. The number of hydrogen-bond donors (Lipinski definition) is 3. The van der Waals surface area contributed by atoms with Crippen LogP contribution in [0.4, 0.5) is 19.3 Å². The Balaban J connectivity index is 2.61. The number of aliphatic hydroxyl groups is 1. The van der Waals surface area contributed by atoms with Crippen molar-refractivity contribution in [2.45, 2.75) is 38.7 Å². The summed E-state index contributed by atoms with van der Waals surface area (Å²) in [5.74, 6) is 0.166. The standard InChI is InChI=1S/C15H22F2N2O3/c1-3-15(21,4-2)10-18-14(20)19-11-7-5-6-8-12(11)22-9-13(16)17/h5-8,13,21H,3-4,9-10H2,1-2H3,(H2,18,19,20). The predicted octanol–water partition coefficient (Wildman–Crippen LogP) is 3.00. The molecule has 0 saturated heterocycles. The van der Waals surface area contributed by atoms with Crippen molar-refractivity contribution in [3.63, 3.8) is 0 Å². The number of carbonyl (C=O) groups excluding carboxylic acids is 1. The predicted molar refractivity (Wildman–Crippen MR) is 80.5 cm³/mol. The fourth-order valence-electron chi connectivity index (χ4n) is 1.76. The molecule has 5 nitrogen and oxygen atoms in total. The number of ether oxygens (including phenoxy) is 1. The van der Waals surface area contributed by atoms with Crippen molar-refractivity contribution in [1.29, 1.82) is 0 Å². The molecule has 0 unspecified atom stereocenters. The first-order valence-corrected chi connectivity index (χ1v) is 7.17. The Hall–Kier alpha value is -1.89. The summed E-state index contributed by atoms with van der Waals surface area (Å²) in [7, 11) is 0. The molecule has 0 radical (unpaired) electrons. The summed E-state index contributed by atoms with van der Waals surface area (Å²) in [5, 5.41) is 15.2. The third kappa shape index (κ3) is 5.85. The molecule has 1 aromatic rings. The maximum absolute atomic E-state index is 12.2. The molecule has 0 spiro atoms. The fraction of sp³-hybridized carbons (Fsp3) is 0.533. The SMILES string of the molecule is CCC(O)(CC)CNC(=O)Nc1ccccc1OCC(F)F. The Bertz CT molecular complexity index is 480. The van der Waals surface area contributed by atoms with E-state index in [0.29, 0.717) is 12.8 Å². The number of anilines is 1. The topological polar surface area (TPSA) is 70.6 Å². The van der Waals surface area contributed by atoms with Gasteiger partial charge in [0, 0.05) is 6.54 Å². The highest BCUT2D eigenvalue weighted by atomic mass is 19.3. The van der Waals surface area contributed by atoms with Gasteiger partial charge in [0.25, 0.3) is 6.43 Å². The highest BCUT2D eigenvalue weighted by Gasteiger charge is 2.22. The van der Waals surface area contributed by atoms with Crippen LogP contribution in [-0.2, 0) is 0 Å². The molecule has 1 aromatic carbocycles. The van der Waals surface area contributed by atoms with Crippen LogP contribution in [0.1, 0.15) is 26.7 Å². The summed E-state index contributed by atoms with van der Waals surface area (Å²) in [6.45, 7) is 3.02. The minimum atomic E-state index is -2.59. The number of para-hydroxylation sites is 2. The van der Waals surface area contributed by atoms with Crippen molar-refractivity contribution in [3.8, 4) is 5.75 Å². The first-order valence-electron chi connectivity index (χ1n) is 7.17. The number of alkyl halides is 2. The molecule has 124 valence electrons. The van der Waals surface area contributed by atoms with E-state index in [0.717, 1.165) is 0 Å². The molecule has 2 amide bonds. The van der Waals surface area contributed by atoms with Gasteiger partial charge in [0.1, 0.15) is 12.4 Å². The molecule has 0 aromatic heterocycles. The van der Waals surface area contributed by atoms with Crippen LogP contribution in [0.5, 0.6) is 5.75 Å². The van der Waals surface area contributed by atoms with E-state index < -0.39 is 24.7 Å². The number of carbonyl (C=O) groups is 1. The van der Waals surface area contributed by atoms with Crippen LogP contribution in [0.25, 0.3) is 0 Å². The van der Waals surface area contributed by atoms with E-state index in [1.54, 1.807) is 18.2 Å². The van der Waals surface area contributed by atoms with Gasteiger partial charge in [-0.2, -0.15) is 0 Å². The van der Waals surface area contributed by atoms with Crippen molar-refractivity contribution >= 4 is 11.7 Å². The minimum absolute atomic E-state index is 0.103. The Labute approximate surface area is 128 Å². The van der Waals surface area contributed by atoms with Crippen molar-refractivity contribution in [1.82, 2.24) is 5.32 Å². The number of rotatable bonds is 8. The van der Waals surface area contributed by atoms with Crippen LogP contribution >= 0.6 is 0 Å². The zero-order chi connectivity index (χ0) is 16.6. The molecule has 1 rings (SSSR count). The molecule has 0 aliphatic heterocycles. The zero-order valence-corrected chi connectivity index (χ0v) is 12.7. The first kappa shape index (κ1) is 18.2. The smallest absolute Gasteiger partial charge is 0.319 e. The van der Waals surface area contributed by atoms with Crippen molar-refractivity contribution in [2.24, 2.45) is 0 Å². The maximum Gasteiger partial charge on any atom is 0.319 e. The van der Waals surface area contributed by atoms with Gasteiger partial charge in [-0.3, -0.25) is 0 Å². The average Bonchev–Trinajstić information content (AvgIpc) is 2.51. The highest BCUT2D eigenvalue weighted by molar-refractivity contribution is 5.90. The lowest BCUT2D eigenvalue weighted by molar-refractivity contribution is 0.0354. The van der Waals surface area contributed by atoms with Gasteiger partial charge in [0.2, 0.25) is 0 Å². The van der Waals surface area contributed by atoms with Crippen molar-refractivity contribution in [3.05, 3.63) is 24.3 Å². The number of halogens is 2. The fourth-order valence-corrected chi connectivity index (χ4v) is 1.76. The number of benzene rings is 1. The molecule has 0 fully saturated rings. The molecule has 0 bridgehead atoms. The lowest BCUT2D eigenvalue weighted by Gasteiger charge is -2.25. The van der Waals surface area contributed by atoms with E-state index in [1.165, 1.54) is 6.07 Å². The average molecular weight is 316 g/mol. The quantitative estimate of drug-likeness (QED) is 0.690. The molecule has 0 saturated carbocycles. The van der Waals surface area contributed by atoms with Gasteiger partial charge >= 0.3 is 6.03 Å². The summed E-state index contributed by atoms with van der Waals surface area (Å²) < 4.78 is 29.3. The van der Waals surface area contributed by atoms with Crippen LogP contribution in [0.2, 0.25) is 0 Å². The van der Waals surface area contributed by atoms with E-state index in [4.69, 9.17) is 4.74 Å². The summed E-state index contributed by atoms with van der Waals surface area (Å²) >= 11 is 0. The minimum Gasteiger partial charge on any atom is -0.485 e. The van der Waals surface area contributed by atoms with Gasteiger partial charge in [-0.15, -0.1) is 0 Å². The van der Waals surface area contributed by atoms with E-state index in [1.807, 2.05) is 13.8 Å². The number of nitrogens with one attached hydrogen (secondary N) is 2. The van der Waals surface area contributed by atoms with Gasteiger partial charge in [-0.25, -0.2) is 13.6 Å². The van der Waals surface area contributed by atoms with Gasteiger partial charge in [0.15, 0.2) is 0 Å². The molecule has 0 aliphatic rings. The second-order valence-corrected chi connectivity index (χ2v) is 4.94. The molecule has 0 atom stereocenters. The maximum atomic E-state index is 12.2. The van der Waals surface area contributed by atoms with Gasteiger partial charge in [0.05, 0.1) is 11.3 Å². The van der Waals surface area contributed by atoms with Gasteiger partial charge < -0.3 is 20.5 Å². The molecule has 7 heteroatoms. The molecular weight excluding hydrogens is 294 g/mol. The monoisotopic (exact) mass is 316 g/mol. The Morgan fingerprint density at radius 2 is 1.95 bits per heavy atom. The van der Waals surface area contributed by atoms with Gasteiger partial charge in [-0.05, 0) is 25.0 Å². The summed E-state index contributed by atoms with van der Waals surface area (Å²) in [5.41, 5.74) is -0.666. The van der Waals surface area contributed by atoms with Crippen LogP contribution in [0.15, 0.2) is 24.3 Å². The van der Waals surface area contributed by atoms with E-state index in [9.17, 15) is 18.7 Å². The van der Waals surface area contributed by atoms with Crippen LogP contribution < -0.4 is 15.4 Å². The Morgan fingerprint density at radius 3 is 2.55 bits per heavy atom. The highest BCUT2D eigenvalue weighted by Crippen LogP contribution is 2.24. The van der Waals surface area contributed by atoms with E-state index >= 15 is 0 Å². The summed E-state index contributed by atoms with van der Waals surface area (Å²) in [6, 6.07) is 5.78. The number of hydrogen-bond acceptors (Lipinski definition) is 3. The van der Waals surface area contributed by atoms with Crippen molar-refractivity contribution < 1.29 is 23.4 Å². The first-order chi connectivity index (χ1) is 10.4. The van der Waals surface area contributed by atoms with Crippen LogP contribution in [-0.4, -0.2) is 36.3 Å². The number of urea groups is 1. The Morgan fingerprint density at radius 1 is 1.32 bits per heavy atom. The molecule has 0 heterocycles. The van der Waals surface area contributed by atoms with Gasteiger partial charge in [-0.1, -0.05) is 26.0 Å². The van der Waals surface area contributed by atoms with E-state index in [2.05, 4.69) is 10.6 Å². The van der Waals surface area contributed by atoms with E-state index in [-0.39, 0.29) is 18.0 Å². The molecular formula is C15H22F2N2O3. The third-order valence-electron chi connectivity index (χ3n) is 3.39. The lowest BCUT2D eigenvalue weighted by atomic mass is 9.98.